The molecular weight excluding hydrogens is 300 g/mol. The first-order valence-electron chi connectivity index (χ1n) is 8.04. The summed E-state index contributed by atoms with van der Waals surface area (Å²) in [6.45, 7) is 5.32. The van der Waals surface area contributed by atoms with Crippen molar-refractivity contribution in [2.75, 3.05) is 39.5 Å². The third kappa shape index (κ3) is 2.80. The average molecular weight is 322 g/mol. The Bertz CT molecular complexity index is 515. The van der Waals surface area contributed by atoms with E-state index in [0.29, 0.717) is 17.9 Å². The Morgan fingerprint density at radius 2 is 2.32 bits per heavy atom. The van der Waals surface area contributed by atoms with Crippen LogP contribution in [0.2, 0.25) is 0 Å². The molecule has 3 saturated heterocycles. The number of nitrogens with zero attached hydrogens (tertiary/aromatic N) is 1. The molecule has 3 fully saturated rings. The van der Waals surface area contributed by atoms with Crippen molar-refractivity contribution in [1.29, 1.82) is 0 Å². The number of fused-ring (bicyclic) bond motifs is 1. The lowest BCUT2D eigenvalue weighted by Gasteiger charge is -2.24. The monoisotopic (exact) mass is 322 g/mol. The van der Waals surface area contributed by atoms with Crippen molar-refractivity contribution in [3.8, 4) is 0 Å². The van der Waals surface area contributed by atoms with Gasteiger partial charge in [-0.3, -0.25) is 9.69 Å². The van der Waals surface area contributed by atoms with E-state index in [1.807, 2.05) is 16.8 Å². The molecule has 1 aromatic rings. The van der Waals surface area contributed by atoms with Crippen LogP contribution in [-0.4, -0.2) is 62.4 Å². The maximum Gasteiger partial charge on any atom is 0.252 e. The summed E-state index contributed by atoms with van der Waals surface area (Å²) in [5.74, 6) is 1.10. The molecule has 1 unspecified atom stereocenters. The number of amides is 1. The van der Waals surface area contributed by atoms with Gasteiger partial charge in [0.2, 0.25) is 0 Å². The third-order valence-corrected chi connectivity index (χ3v) is 5.81. The number of hydrogen-bond donors (Lipinski definition) is 1. The van der Waals surface area contributed by atoms with E-state index in [9.17, 15) is 4.79 Å². The Hall–Kier alpha value is -0.950. The van der Waals surface area contributed by atoms with E-state index in [0.717, 1.165) is 51.5 Å². The minimum absolute atomic E-state index is 0.0444. The van der Waals surface area contributed by atoms with Gasteiger partial charge in [-0.25, -0.2) is 0 Å². The molecule has 4 rings (SSSR count). The standard InChI is InChI=1S/C16H22N2O3S/c19-16(12-2-4-22-10-12)17-14-6-18(5-11-1-3-20-7-11)15-9-21-8-13(14)15/h2,4,10-11,13-15H,1,3,5-9H2,(H,17,19)/t11?,13-,14-,15-/m1/s1. The lowest BCUT2D eigenvalue weighted by molar-refractivity contribution is 0.0912. The summed E-state index contributed by atoms with van der Waals surface area (Å²) < 4.78 is 11.2. The third-order valence-electron chi connectivity index (χ3n) is 5.13. The molecule has 0 spiro atoms. The number of ether oxygens (including phenoxy) is 2. The van der Waals surface area contributed by atoms with E-state index in [1.54, 1.807) is 11.3 Å². The molecule has 120 valence electrons. The van der Waals surface area contributed by atoms with E-state index >= 15 is 0 Å². The summed E-state index contributed by atoms with van der Waals surface area (Å²) in [6, 6.07) is 2.53. The van der Waals surface area contributed by atoms with Crippen molar-refractivity contribution in [1.82, 2.24) is 10.2 Å². The molecule has 0 aliphatic carbocycles. The smallest absolute Gasteiger partial charge is 0.252 e. The summed E-state index contributed by atoms with van der Waals surface area (Å²) in [4.78, 5) is 14.8. The van der Waals surface area contributed by atoms with Crippen LogP contribution in [0.25, 0.3) is 0 Å². The molecule has 4 atom stereocenters. The van der Waals surface area contributed by atoms with Crippen LogP contribution in [0.15, 0.2) is 16.8 Å². The number of carbonyl (C=O) groups excluding carboxylic acids is 1. The van der Waals surface area contributed by atoms with E-state index in [-0.39, 0.29) is 11.9 Å². The molecule has 3 aliphatic heterocycles. The van der Waals surface area contributed by atoms with Gasteiger partial charge in [0.05, 0.1) is 19.8 Å². The van der Waals surface area contributed by atoms with Gasteiger partial charge in [0.25, 0.3) is 5.91 Å². The van der Waals surface area contributed by atoms with E-state index in [4.69, 9.17) is 9.47 Å². The largest absolute Gasteiger partial charge is 0.381 e. The first-order valence-corrected chi connectivity index (χ1v) is 8.98. The zero-order chi connectivity index (χ0) is 14.9. The zero-order valence-electron chi connectivity index (χ0n) is 12.6. The number of likely N-dealkylation sites (tertiary alicyclic amines) is 1. The molecular formula is C16H22N2O3S. The second kappa shape index (κ2) is 6.28. The molecule has 1 aromatic heterocycles. The highest BCUT2D eigenvalue weighted by atomic mass is 32.1. The van der Waals surface area contributed by atoms with Gasteiger partial charge in [-0.2, -0.15) is 11.3 Å². The van der Waals surface area contributed by atoms with Gasteiger partial charge >= 0.3 is 0 Å². The van der Waals surface area contributed by atoms with Crippen molar-refractivity contribution >= 4 is 17.2 Å². The van der Waals surface area contributed by atoms with Gasteiger partial charge in [-0.1, -0.05) is 0 Å². The van der Waals surface area contributed by atoms with Crippen LogP contribution in [0.3, 0.4) is 0 Å². The SMILES string of the molecule is O=C(N[C@@H]1CN(CC2CCOC2)[C@@H]2COC[C@@H]21)c1ccsc1. The van der Waals surface area contributed by atoms with Crippen molar-refractivity contribution in [2.24, 2.45) is 11.8 Å². The van der Waals surface area contributed by atoms with Crippen molar-refractivity contribution in [3.05, 3.63) is 22.4 Å². The molecule has 3 aliphatic rings. The summed E-state index contributed by atoms with van der Waals surface area (Å²) in [6.07, 6.45) is 1.15. The number of carbonyl (C=O) groups is 1. The lowest BCUT2D eigenvalue weighted by Crippen LogP contribution is -2.41. The predicted molar refractivity (Wildman–Crippen MR) is 84.2 cm³/mol. The van der Waals surface area contributed by atoms with Crippen molar-refractivity contribution < 1.29 is 14.3 Å². The van der Waals surface area contributed by atoms with Gasteiger partial charge < -0.3 is 14.8 Å². The maximum atomic E-state index is 12.3. The molecule has 0 aromatic carbocycles. The molecule has 5 nitrogen and oxygen atoms in total. The Labute approximate surface area is 134 Å². The van der Waals surface area contributed by atoms with Gasteiger partial charge in [0.15, 0.2) is 0 Å². The molecule has 0 radical (unpaired) electrons. The summed E-state index contributed by atoms with van der Waals surface area (Å²) in [7, 11) is 0. The van der Waals surface area contributed by atoms with E-state index in [2.05, 4.69) is 10.2 Å². The summed E-state index contributed by atoms with van der Waals surface area (Å²) in [5, 5.41) is 7.07. The summed E-state index contributed by atoms with van der Waals surface area (Å²) in [5.41, 5.74) is 0.767. The topological polar surface area (TPSA) is 50.8 Å². The zero-order valence-corrected chi connectivity index (χ0v) is 13.4. The predicted octanol–water partition coefficient (Wildman–Crippen LogP) is 1.21. The normalized spacial score (nSPS) is 34.9. The Kier molecular flexibility index (Phi) is 4.17. The van der Waals surface area contributed by atoms with Crippen LogP contribution in [0.5, 0.6) is 0 Å². The fraction of sp³-hybridized carbons (Fsp3) is 0.688. The first kappa shape index (κ1) is 14.6. The molecule has 4 heterocycles. The average Bonchev–Trinajstić information content (AvgIpc) is 3.27. The van der Waals surface area contributed by atoms with Gasteiger partial charge in [-0.05, 0) is 23.8 Å². The van der Waals surface area contributed by atoms with Gasteiger partial charge in [0, 0.05) is 48.6 Å². The van der Waals surface area contributed by atoms with Crippen molar-refractivity contribution in [2.45, 2.75) is 18.5 Å². The van der Waals surface area contributed by atoms with E-state index < -0.39 is 0 Å². The fourth-order valence-corrected chi connectivity index (χ4v) is 4.55. The Morgan fingerprint density at radius 3 is 3.09 bits per heavy atom. The molecule has 6 heteroatoms. The lowest BCUT2D eigenvalue weighted by atomic mass is 9.99. The van der Waals surface area contributed by atoms with Crippen LogP contribution in [-0.2, 0) is 9.47 Å². The molecule has 0 bridgehead atoms. The second-order valence-electron chi connectivity index (χ2n) is 6.54. The minimum atomic E-state index is 0.0444. The Morgan fingerprint density at radius 1 is 1.36 bits per heavy atom. The maximum absolute atomic E-state index is 12.3. The minimum Gasteiger partial charge on any atom is -0.381 e. The molecule has 1 N–H and O–H groups in total. The van der Waals surface area contributed by atoms with Gasteiger partial charge in [-0.15, -0.1) is 0 Å². The highest BCUT2D eigenvalue weighted by Gasteiger charge is 2.46. The molecule has 22 heavy (non-hydrogen) atoms. The molecule has 0 saturated carbocycles. The molecule has 1 amide bonds. The Balaban J connectivity index is 1.41. The summed E-state index contributed by atoms with van der Waals surface area (Å²) >= 11 is 1.56. The fourth-order valence-electron chi connectivity index (χ4n) is 3.91. The van der Waals surface area contributed by atoms with Crippen LogP contribution < -0.4 is 5.32 Å². The first-order chi connectivity index (χ1) is 10.8. The second-order valence-corrected chi connectivity index (χ2v) is 7.32. The van der Waals surface area contributed by atoms with Crippen LogP contribution in [0.4, 0.5) is 0 Å². The quantitative estimate of drug-likeness (QED) is 0.905. The van der Waals surface area contributed by atoms with E-state index in [1.165, 1.54) is 0 Å². The van der Waals surface area contributed by atoms with Gasteiger partial charge in [0.1, 0.15) is 0 Å². The number of rotatable bonds is 4. The van der Waals surface area contributed by atoms with Crippen molar-refractivity contribution in [3.63, 3.8) is 0 Å². The number of thiophene rings is 1. The van der Waals surface area contributed by atoms with Crippen LogP contribution in [0.1, 0.15) is 16.8 Å². The van der Waals surface area contributed by atoms with Crippen LogP contribution >= 0.6 is 11.3 Å². The highest BCUT2D eigenvalue weighted by Crippen LogP contribution is 2.32. The number of nitrogens with one attached hydrogen (secondary N) is 1. The van der Waals surface area contributed by atoms with Crippen LogP contribution in [0, 0.1) is 11.8 Å². The number of hydrogen-bond acceptors (Lipinski definition) is 5. The highest BCUT2D eigenvalue weighted by molar-refractivity contribution is 7.08.